The number of benzene rings is 3. The van der Waals surface area contributed by atoms with Crippen molar-refractivity contribution in [1.29, 1.82) is 0 Å². The minimum Gasteiger partial charge on any atom is -0.494 e. The summed E-state index contributed by atoms with van der Waals surface area (Å²) in [6, 6.07) is 19.2. The average Bonchev–Trinajstić information content (AvgIpc) is 4.02. The van der Waals surface area contributed by atoms with Crippen LogP contribution in [0.25, 0.3) is 10.4 Å². The summed E-state index contributed by atoms with van der Waals surface area (Å²) < 4.78 is 30.0. The Kier molecular flexibility index (Phi) is 19.9. The molecule has 76 heavy (non-hydrogen) atoms. The SMILES string of the molecule is COc1cc(N2CCC(NC(=O)CCOCCOCCC(=O)NC(C(=O)N3CC(O)CC3C(=O)NCc3ccc(-c4scnc4C)cc3)C(C)(C)C)CC2)ccc1Nc1ncc(Cl)c(Nc2ccccc2P(C)(C)=O)n1. The van der Waals surface area contributed by atoms with E-state index >= 15 is 0 Å². The molecule has 3 unspecified atom stereocenters. The van der Waals surface area contributed by atoms with Crippen molar-refractivity contribution in [3.05, 3.63) is 94.7 Å². The Hall–Kier alpha value is -6.15. The maximum absolute atomic E-state index is 14.0. The van der Waals surface area contributed by atoms with Crippen LogP contribution in [0.1, 0.15) is 64.1 Å². The molecule has 2 aliphatic rings. The lowest BCUT2D eigenvalue weighted by Crippen LogP contribution is -2.57. The molecule has 2 aliphatic heterocycles. The number of piperidine rings is 1. The molecule has 7 rings (SSSR count). The van der Waals surface area contributed by atoms with Crippen molar-refractivity contribution in [3.63, 3.8) is 0 Å². The van der Waals surface area contributed by atoms with Crippen molar-refractivity contribution < 1.29 is 43.1 Å². The number of rotatable bonds is 23. The average molecular weight is 1100 g/mol. The largest absolute Gasteiger partial charge is 0.494 e. The number of carbonyl (C=O) groups is 4. The van der Waals surface area contributed by atoms with Gasteiger partial charge in [0.15, 0.2) is 5.82 Å². The van der Waals surface area contributed by atoms with Gasteiger partial charge in [0, 0.05) is 68.5 Å². The van der Waals surface area contributed by atoms with Gasteiger partial charge in [-0.3, -0.25) is 19.2 Å². The molecule has 6 N–H and O–H groups in total. The molecule has 408 valence electrons. The van der Waals surface area contributed by atoms with Gasteiger partial charge < -0.3 is 60.3 Å². The second kappa shape index (κ2) is 26.3. The third-order valence-electron chi connectivity index (χ3n) is 13.2. The lowest BCUT2D eigenvalue weighted by Gasteiger charge is -2.35. The molecule has 0 aliphatic carbocycles. The number of aliphatic hydroxyl groups is 1. The summed E-state index contributed by atoms with van der Waals surface area (Å²) in [5, 5.41) is 26.9. The number of ether oxygens (including phenoxy) is 3. The van der Waals surface area contributed by atoms with Crippen molar-refractivity contribution in [2.45, 2.75) is 90.6 Å². The summed E-state index contributed by atoms with van der Waals surface area (Å²) in [4.78, 5) is 71.4. The molecule has 4 amide bonds. The van der Waals surface area contributed by atoms with Crippen LogP contribution in [-0.2, 0) is 39.8 Å². The molecule has 5 aromatic rings. The van der Waals surface area contributed by atoms with Gasteiger partial charge in [0.1, 0.15) is 30.0 Å². The highest BCUT2D eigenvalue weighted by Gasteiger charge is 2.44. The molecule has 2 saturated heterocycles. The van der Waals surface area contributed by atoms with Crippen LogP contribution < -0.4 is 41.5 Å². The van der Waals surface area contributed by atoms with Gasteiger partial charge >= 0.3 is 0 Å². The molecule has 4 heterocycles. The summed E-state index contributed by atoms with van der Waals surface area (Å²) >= 11 is 8.04. The molecule has 0 spiro atoms. The number of amides is 4. The number of aliphatic hydroxyl groups excluding tert-OH is 1. The van der Waals surface area contributed by atoms with Gasteiger partial charge in [0.05, 0.1) is 73.3 Å². The van der Waals surface area contributed by atoms with Gasteiger partial charge in [-0.2, -0.15) is 4.98 Å². The molecule has 0 radical (unpaired) electrons. The maximum atomic E-state index is 14.0. The highest BCUT2D eigenvalue weighted by Crippen LogP contribution is 2.39. The zero-order chi connectivity index (χ0) is 54.6. The van der Waals surface area contributed by atoms with E-state index in [-0.39, 0.29) is 82.5 Å². The van der Waals surface area contributed by atoms with E-state index in [1.54, 1.807) is 31.8 Å². The summed E-state index contributed by atoms with van der Waals surface area (Å²) in [6.07, 6.45) is 2.41. The van der Waals surface area contributed by atoms with Crippen LogP contribution in [0.4, 0.5) is 28.8 Å². The first kappa shape index (κ1) is 57.6. The van der Waals surface area contributed by atoms with Crippen molar-refractivity contribution >= 4 is 87.8 Å². The third kappa shape index (κ3) is 15.7. The Morgan fingerprint density at radius 1 is 0.908 bits per heavy atom. The van der Waals surface area contributed by atoms with E-state index in [9.17, 15) is 28.8 Å². The van der Waals surface area contributed by atoms with Crippen LogP contribution in [0.3, 0.4) is 0 Å². The number of para-hydroxylation sites is 1. The predicted octanol–water partition coefficient (Wildman–Crippen LogP) is 7.01. The molecule has 2 aromatic heterocycles. The zero-order valence-corrected chi connectivity index (χ0v) is 46.7. The van der Waals surface area contributed by atoms with Crippen molar-refractivity contribution in [3.8, 4) is 16.2 Å². The number of β-amino-alcohol motifs (C(OH)–C–C–N with tert-alkyl or cyclic N) is 1. The normalized spacial score (nSPS) is 16.5. The van der Waals surface area contributed by atoms with E-state index in [0.29, 0.717) is 39.2 Å². The van der Waals surface area contributed by atoms with Crippen LogP contribution in [-0.4, -0.2) is 139 Å². The van der Waals surface area contributed by atoms with Gasteiger partial charge in [-0.05, 0) is 73.9 Å². The second-order valence-corrected chi connectivity index (χ2v) is 24.8. The second-order valence-electron chi connectivity index (χ2n) is 20.4. The van der Waals surface area contributed by atoms with Crippen molar-refractivity contribution in [2.24, 2.45) is 5.41 Å². The topological polar surface area (TPSA) is 239 Å². The van der Waals surface area contributed by atoms with E-state index in [1.165, 1.54) is 11.1 Å². The van der Waals surface area contributed by atoms with Crippen LogP contribution in [0.5, 0.6) is 5.75 Å². The number of likely N-dealkylation sites (tertiary alicyclic amines) is 1. The number of aromatic nitrogens is 3. The van der Waals surface area contributed by atoms with Gasteiger partial charge in [0.2, 0.25) is 29.6 Å². The third-order valence-corrected chi connectivity index (χ3v) is 16.0. The van der Waals surface area contributed by atoms with Gasteiger partial charge in [-0.15, -0.1) is 11.3 Å². The summed E-state index contributed by atoms with van der Waals surface area (Å²) in [5.74, 6) is -0.0562. The molecular formula is C54H70ClN10O9PS. The van der Waals surface area contributed by atoms with E-state index in [0.717, 1.165) is 53.3 Å². The van der Waals surface area contributed by atoms with E-state index in [1.807, 2.05) is 99.9 Å². The number of hydrogen-bond acceptors (Lipinski definition) is 16. The van der Waals surface area contributed by atoms with Crippen LogP contribution in [0.2, 0.25) is 5.02 Å². The molecule has 3 atom stereocenters. The fraction of sp³-hybridized carbons (Fsp3) is 0.463. The number of carbonyl (C=O) groups excluding carboxylic acids is 4. The van der Waals surface area contributed by atoms with E-state index in [4.69, 9.17) is 25.8 Å². The molecule has 0 saturated carbocycles. The number of aryl methyl sites for hydroxylation is 1. The maximum Gasteiger partial charge on any atom is 0.246 e. The number of anilines is 5. The summed E-state index contributed by atoms with van der Waals surface area (Å²) in [7, 11) is -0.985. The molecule has 22 heteroatoms. The van der Waals surface area contributed by atoms with Gasteiger partial charge in [-0.1, -0.05) is 68.8 Å². The van der Waals surface area contributed by atoms with Gasteiger partial charge in [-0.25, -0.2) is 9.97 Å². The van der Waals surface area contributed by atoms with E-state index < -0.39 is 36.7 Å². The molecule has 3 aromatic carbocycles. The first-order valence-corrected chi connectivity index (χ1v) is 29.3. The fourth-order valence-electron chi connectivity index (χ4n) is 9.04. The van der Waals surface area contributed by atoms with E-state index in [2.05, 4.69) is 46.4 Å². The Bertz CT molecular complexity index is 2850. The van der Waals surface area contributed by atoms with Gasteiger partial charge in [0.25, 0.3) is 0 Å². The smallest absolute Gasteiger partial charge is 0.246 e. The predicted molar refractivity (Wildman–Crippen MR) is 298 cm³/mol. The Labute approximate surface area is 453 Å². The lowest BCUT2D eigenvalue weighted by molar-refractivity contribution is -0.144. The number of nitrogens with one attached hydrogen (secondary N) is 5. The number of nitrogens with zero attached hydrogens (tertiary/aromatic N) is 5. The summed E-state index contributed by atoms with van der Waals surface area (Å²) in [5.41, 5.74) is 6.28. The Morgan fingerprint density at radius 2 is 1.61 bits per heavy atom. The Balaban J connectivity index is 0.772. The van der Waals surface area contributed by atoms with Crippen LogP contribution in [0, 0.1) is 12.3 Å². The highest BCUT2D eigenvalue weighted by atomic mass is 35.5. The zero-order valence-electron chi connectivity index (χ0n) is 44.2. The fourth-order valence-corrected chi connectivity index (χ4v) is 11.1. The van der Waals surface area contributed by atoms with Crippen molar-refractivity contribution in [2.75, 3.05) is 82.0 Å². The first-order chi connectivity index (χ1) is 36.3. The van der Waals surface area contributed by atoms with Crippen LogP contribution >= 0.6 is 30.1 Å². The molecular weight excluding hydrogens is 1030 g/mol. The minimum atomic E-state index is -2.58. The number of methoxy groups -OCH3 is 1. The minimum absolute atomic E-state index is 0.00786. The number of hydrogen-bond donors (Lipinski definition) is 6. The Morgan fingerprint density at radius 3 is 2.26 bits per heavy atom. The summed E-state index contributed by atoms with van der Waals surface area (Å²) in [6.45, 7) is 13.3. The lowest BCUT2D eigenvalue weighted by atomic mass is 9.85. The number of thiazole rings is 1. The quantitative estimate of drug-likeness (QED) is 0.0285. The first-order valence-electron chi connectivity index (χ1n) is 25.4. The molecule has 0 bridgehead atoms. The molecule has 2 fully saturated rings. The monoisotopic (exact) mass is 1100 g/mol. The van der Waals surface area contributed by atoms with Crippen LogP contribution in [0.15, 0.2) is 78.4 Å². The number of halogens is 1. The highest BCUT2D eigenvalue weighted by molar-refractivity contribution is 7.70. The molecule has 19 nitrogen and oxygen atoms in total. The van der Waals surface area contributed by atoms with Crippen molar-refractivity contribution in [1.82, 2.24) is 35.8 Å². The standard InChI is InChI=1S/C54H70ClN10O9PS/c1-34-48(76-33-58-34)36-14-12-35(13-15-36)30-56-51(69)43-29-39(66)32-65(43)52(70)49(54(2,3)4)62-47(68)21-25-74-27-26-73-24-20-46(67)59-37-18-22-64(23-19-37)38-16-17-41(44(28-38)72-5)61-53-57-31-40(55)50(63-53)60-42-10-8-9-11-45(42)75(6,7)71/h8-17,28,31,33,37,39,43,49,66H,18-27,29-30,32H2,1-7H3,(H,56,69)(H,59,67)(H,62,68)(H2,57,60,61,63).